The van der Waals surface area contributed by atoms with Crippen LogP contribution in [-0.2, 0) is 20.2 Å². The van der Waals surface area contributed by atoms with E-state index in [0.29, 0.717) is 24.3 Å². The maximum Gasteiger partial charge on any atom is 0.229 e. The molecule has 0 spiro atoms. The number of phenolic OH excluding ortho intramolecular Hbond substituents is 1. The number of hydrogen-bond donors (Lipinski definition) is 6. The summed E-state index contributed by atoms with van der Waals surface area (Å²) < 4.78 is 51.1. The SMILES string of the molecule is CC(C)CCC1(C)C(=O)C(C2=NS(O)(O)c3cc(NS(C)(=O)=O)ccc3N2)=C(O)c2cc(O)ccc21. The molecule has 0 saturated carbocycles. The Balaban J connectivity index is 1.85. The Morgan fingerprint density at radius 3 is 2.47 bits per heavy atom. The molecule has 2 aromatic rings. The normalized spacial score (nSPS) is 21.9. The zero-order chi connectivity index (χ0) is 26.6. The number of ketones is 1. The summed E-state index contributed by atoms with van der Waals surface area (Å²) in [5.74, 6) is -0.901. The smallest absolute Gasteiger partial charge is 0.229 e. The minimum atomic E-state index is -3.87. The molecule has 36 heavy (non-hydrogen) atoms. The van der Waals surface area contributed by atoms with Crippen molar-refractivity contribution in [3.05, 3.63) is 53.1 Å². The zero-order valence-corrected chi connectivity index (χ0v) is 21.9. The summed E-state index contributed by atoms with van der Waals surface area (Å²) in [5.41, 5.74) is -0.160. The van der Waals surface area contributed by atoms with Crippen molar-refractivity contribution in [2.75, 3.05) is 16.3 Å². The number of benzene rings is 2. The second-order valence-electron chi connectivity index (χ2n) is 9.72. The number of rotatable bonds is 6. The Labute approximate surface area is 211 Å². The lowest BCUT2D eigenvalue weighted by molar-refractivity contribution is -0.120. The first-order chi connectivity index (χ1) is 16.6. The molecule has 1 aliphatic carbocycles. The van der Waals surface area contributed by atoms with E-state index in [1.165, 1.54) is 30.3 Å². The second kappa shape index (κ2) is 8.80. The van der Waals surface area contributed by atoms with Crippen molar-refractivity contribution in [3.8, 4) is 5.75 Å². The third-order valence-electron chi connectivity index (χ3n) is 6.33. The van der Waals surface area contributed by atoms with Gasteiger partial charge in [0.25, 0.3) is 0 Å². The molecule has 1 heterocycles. The third-order valence-corrected chi connectivity index (χ3v) is 8.30. The molecule has 1 atom stereocenters. The van der Waals surface area contributed by atoms with Crippen LogP contribution < -0.4 is 10.0 Å². The summed E-state index contributed by atoms with van der Waals surface area (Å²) in [4.78, 5) is 13.9. The molecule has 6 N–H and O–H groups in total. The van der Waals surface area contributed by atoms with Gasteiger partial charge >= 0.3 is 0 Å². The van der Waals surface area contributed by atoms with Crippen molar-refractivity contribution in [1.82, 2.24) is 0 Å². The summed E-state index contributed by atoms with van der Waals surface area (Å²) >= 11 is 0. The molecule has 2 aromatic carbocycles. The highest BCUT2D eigenvalue weighted by Crippen LogP contribution is 2.57. The van der Waals surface area contributed by atoms with E-state index in [1.807, 2.05) is 13.8 Å². The number of nitrogens with zero attached hydrogens (tertiary/aromatic N) is 1. The molecule has 194 valence electrons. The Morgan fingerprint density at radius 1 is 1.14 bits per heavy atom. The number of sulfonamides is 1. The maximum atomic E-state index is 13.9. The number of hydrogen-bond acceptors (Lipinski definition) is 9. The van der Waals surface area contributed by atoms with Crippen LogP contribution in [-0.4, -0.2) is 45.6 Å². The van der Waals surface area contributed by atoms with Crippen LogP contribution in [0.1, 0.15) is 44.7 Å². The number of phenols is 1. The fourth-order valence-electron chi connectivity index (χ4n) is 4.46. The first kappa shape index (κ1) is 26.0. The summed E-state index contributed by atoms with van der Waals surface area (Å²) in [5, 5.41) is 24.1. The molecule has 0 amide bonds. The predicted molar refractivity (Wildman–Crippen MR) is 141 cm³/mol. The number of nitrogens with one attached hydrogen (secondary N) is 2. The average molecular weight is 536 g/mol. The standard InChI is InChI=1S/C24H29N3O7S2/c1-13(2)9-10-24(3)17-7-6-15(28)12-16(17)21(29)20(22(24)30)23-25-18-8-5-14(26-35(4,31)32)11-19(18)36(33,34)27-23/h5-8,11-13,26,28-29,33-34H,9-10H2,1-4H3,(H,25,27). The highest BCUT2D eigenvalue weighted by atomic mass is 32.3. The maximum absolute atomic E-state index is 13.9. The van der Waals surface area contributed by atoms with Crippen LogP contribution in [0.3, 0.4) is 0 Å². The van der Waals surface area contributed by atoms with E-state index >= 15 is 0 Å². The summed E-state index contributed by atoms with van der Waals surface area (Å²) in [7, 11) is -7.48. The van der Waals surface area contributed by atoms with E-state index < -0.39 is 37.8 Å². The molecule has 0 aromatic heterocycles. The lowest BCUT2D eigenvalue weighted by Crippen LogP contribution is -2.42. The van der Waals surface area contributed by atoms with E-state index in [4.69, 9.17) is 0 Å². The van der Waals surface area contributed by atoms with E-state index in [-0.39, 0.29) is 39.0 Å². The van der Waals surface area contributed by atoms with Gasteiger partial charge in [0.05, 0.1) is 23.0 Å². The number of amidine groups is 1. The highest BCUT2D eigenvalue weighted by Gasteiger charge is 2.46. The Kier molecular flexibility index (Phi) is 6.36. The summed E-state index contributed by atoms with van der Waals surface area (Å²) in [6, 6.07) is 8.53. The molecule has 12 heteroatoms. The first-order valence-corrected chi connectivity index (χ1v) is 14.6. The van der Waals surface area contributed by atoms with Gasteiger partial charge in [-0.15, -0.1) is 4.40 Å². The van der Waals surface area contributed by atoms with Crippen LogP contribution in [0, 0.1) is 5.92 Å². The molecule has 1 aliphatic heterocycles. The first-order valence-electron chi connectivity index (χ1n) is 11.2. The number of aliphatic hydroxyl groups excluding tert-OH is 1. The molecular weight excluding hydrogens is 506 g/mol. The largest absolute Gasteiger partial charge is 0.508 e. The van der Waals surface area contributed by atoms with Crippen molar-refractivity contribution in [3.63, 3.8) is 0 Å². The van der Waals surface area contributed by atoms with Crippen LogP contribution >= 0.6 is 10.8 Å². The minimum absolute atomic E-state index is 0.0659. The number of fused-ring (bicyclic) bond motifs is 2. The molecule has 0 fully saturated rings. The summed E-state index contributed by atoms with van der Waals surface area (Å²) in [6.45, 7) is 5.83. The van der Waals surface area contributed by atoms with Crippen LogP contribution in [0.5, 0.6) is 5.75 Å². The van der Waals surface area contributed by atoms with Gasteiger partial charge in [-0.1, -0.05) is 30.7 Å². The number of carbonyl (C=O) groups excluding carboxylic acids is 1. The van der Waals surface area contributed by atoms with Gasteiger partial charge in [0, 0.05) is 5.56 Å². The molecule has 0 bridgehead atoms. The molecule has 0 saturated heterocycles. The monoisotopic (exact) mass is 535 g/mol. The van der Waals surface area contributed by atoms with Crippen molar-refractivity contribution in [2.24, 2.45) is 10.3 Å². The van der Waals surface area contributed by atoms with Crippen molar-refractivity contribution < 1.29 is 32.5 Å². The number of Topliss-reactive ketones (excluding diaryl/α,β-unsaturated/α-hetero) is 1. The average Bonchev–Trinajstić information content (AvgIpc) is 2.75. The van der Waals surface area contributed by atoms with Gasteiger partial charge in [-0.3, -0.25) is 18.6 Å². The van der Waals surface area contributed by atoms with Crippen LogP contribution in [0.4, 0.5) is 11.4 Å². The van der Waals surface area contributed by atoms with Crippen LogP contribution in [0.2, 0.25) is 0 Å². The Hall–Kier alpha value is -3.06. The van der Waals surface area contributed by atoms with Crippen molar-refractivity contribution in [1.29, 1.82) is 0 Å². The highest BCUT2D eigenvalue weighted by molar-refractivity contribution is 8.23. The predicted octanol–water partition coefficient (Wildman–Crippen LogP) is 4.86. The van der Waals surface area contributed by atoms with Gasteiger partial charge in [0.15, 0.2) is 11.6 Å². The van der Waals surface area contributed by atoms with Gasteiger partial charge in [-0.05, 0) is 61.6 Å². The molecule has 4 rings (SSSR count). The van der Waals surface area contributed by atoms with Gasteiger partial charge in [-0.2, -0.15) is 0 Å². The molecular formula is C24H29N3O7S2. The fourth-order valence-corrected chi connectivity index (χ4v) is 6.20. The van der Waals surface area contributed by atoms with Crippen LogP contribution in [0.15, 0.2) is 51.3 Å². The summed E-state index contributed by atoms with van der Waals surface area (Å²) in [6.07, 6.45) is 2.14. The van der Waals surface area contributed by atoms with Crippen molar-refractivity contribution >= 4 is 49.6 Å². The second-order valence-corrected chi connectivity index (χ2v) is 13.1. The molecule has 2 aliphatic rings. The third kappa shape index (κ3) is 4.69. The van der Waals surface area contributed by atoms with Crippen LogP contribution in [0.25, 0.3) is 5.76 Å². The fraction of sp³-hybridized carbons (Fsp3) is 0.333. The number of aromatic hydroxyl groups is 1. The van der Waals surface area contributed by atoms with Crippen molar-refractivity contribution in [2.45, 2.75) is 43.9 Å². The lowest BCUT2D eigenvalue weighted by Gasteiger charge is -2.39. The minimum Gasteiger partial charge on any atom is -0.508 e. The molecule has 0 radical (unpaired) electrons. The number of anilines is 2. The lowest BCUT2D eigenvalue weighted by atomic mass is 9.66. The van der Waals surface area contributed by atoms with Gasteiger partial charge in [-0.25, -0.2) is 8.42 Å². The number of aliphatic hydroxyl groups is 1. The van der Waals surface area contributed by atoms with Gasteiger partial charge in [0.1, 0.15) is 22.0 Å². The Morgan fingerprint density at radius 2 is 1.83 bits per heavy atom. The van der Waals surface area contributed by atoms with Gasteiger partial charge < -0.3 is 15.5 Å². The molecule has 10 nitrogen and oxygen atoms in total. The Bertz CT molecular complexity index is 1430. The quantitative estimate of drug-likeness (QED) is 0.305. The molecule has 1 unspecified atom stereocenters. The van der Waals surface area contributed by atoms with E-state index in [0.717, 1.165) is 6.26 Å². The zero-order valence-electron chi connectivity index (χ0n) is 20.2. The van der Waals surface area contributed by atoms with E-state index in [2.05, 4.69) is 14.4 Å². The topological polar surface area (TPSA) is 169 Å². The van der Waals surface area contributed by atoms with E-state index in [9.17, 15) is 32.5 Å². The van der Waals surface area contributed by atoms with E-state index in [1.54, 1.807) is 13.0 Å². The number of carbonyl (C=O) groups is 1. The van der Waals surface area contributed by atoms with Gasteiger partial charge in [0.2, 0.25) is 10.0 Å².